The van der Waals surface area contributed by atoms with Crippen molar-refractivity contribution in [3.05, 3.63) is 34.7 Å². The highest BCUT2D eigenvalue weighted by Crippen LogP contribution is 2.26. The predicted octanol–water partition coefficient (Wildman–Crippen LogP) is 3.19. The molecule has 0 aliphatic carbocycles. The molecule has 17 heavy (non-hydrogen) atoms. The first-order valence-corrected chi connectivity index (χ1v) is 4.61. The largest absolute Gasteiger partial charge is 0.508 e. The quantitative estimate of drug-likeness (QED) is 0.527. The molecular formula is C8H7F3N2O2S2. The molecule has 1 N–H and O–H groups in total. The lowest BCUT2D eigenvalue weighted by atomic mass is 10.1. The van der Waals surface area contributed by atoms with Crippen LogP contribution in [-0.4, -0.2) is 17.0 Å². The van der Waals surface area contributed by atoms with E-state index in [9.17, 15) is 18.1 Å². The lowest BCUT2D eigenvalue weighted by Crippen LogP contribution is -2.23. The number of phenols is 1. The molecule has 0 bridgehead atoms. The Morgan fingerprint density at radius 1 is 1.24 bits per heavy atom. The Morgan fingerprint density at radius 3 is 2.18 bits per heavy atom. The number of nitroso groups, excluding NO2 is 1. The Hall–Kier alpha value is -1.22. The zero-order valence-corrected chi connectivity index (χ0v) is 9.92. The number of rotatable bonds is 3. The maximum atomic E-state index is 12.5. The van der Waals surface area contributed by atoms with E-state index in [0.717, 1.165) is 24.3 Å². The van der Waals surface area contributed by atoms with Crippen LogP contribution in [0, 0.1) is 4.91 Å². The molecule has 0 atom stereocenters. The lowest BCUT2D eigenvalue weighted by Gasteiger charge is -2.09. The smallest absolute Gasteiger partial charge is 0.434 e. The van der Waals surface area contributed by atoms with Crippen LogP contribution in [0.3, 0.4) is 0 Å². The summed E-state index contributed by atoms with van der Waals surface area (Å²) >= 11 is -0.0830. The Kier molecular flexibility index (Phi) is 6.03. The van der Waals surface area contributed by atoms with Gasteiger partial charge in [0, 0.05) is 10.1 Å². The third-order valence-corrected chi connectivity index (χ3v) is 1.91. The molecule has 0 fully saturated rings. The van der Waals surface area contributed by atoms with Gasteiger partial charge >= 0.3 is 6.18 Å². The zero-order valence-electron chi connectivity index (χ0n) is 8.10. The molecule has 1 aromatic carbocycles. The summed E-state index contributed by atoms with van der Waals surface area (Å²) in [5, 5.41) is 8.92. The van der Waals surface area contributed by atoms with E-state index in [1.54, 1.807) is 0 Å². The van der Waals surface area contributed by atoms with Crippen LogP contribution in [0.5, 0.6) is 5.75 Å². The minimum atomic E-state index is -4.69. The molecule has 9 heteroatoms. The molecule has 1 rings (SSSR count). The maximum absolute atomic E-state index is 12.5. The number of alkyl halides is 3. The van der Waals surface area contributed by atoms with Crippen LogP contribution < -0.4 is 0 Å². The van der Waals surface area contributed by atoms with Gasteiger partial charge in [0.05, 0.1) is 0 Å². The summed E-state index contributed by atoms with van der Waals surface area (Å²) in [7, 11) is 0. The molecule has 0 spiro atoms. The van der Waals surface area contributed by atoms with E-state index in [1.165, 1.54) is 0 Å². The first-order valence-electron chi connectivity index (χ1n) is 3.88. The van der Waals surface area contributed by atoms with E-state index in [2.05, 4.69) is 8.98 Å². The number of benzene rings is 1. The third-order valence-electron chi connectivity index (χ3n) is 1.57. The van der Waals surface area contributed by atoms with Gasteiger partial charge in [0.2, 0.25) is 0 Å². The van der Waals surface area contributed by atoms with Crippen molar-refractivity contribution in [2.75, 3.05) is 0 Å². The van der Waals surface area contributed by atoms with E-state index in [-0.39, 0.29) is 36.9 Å². The van der Waals surface area contributed by atoms with Crippen LogP contribution >= 0.6 is 25.6 Å². The second kappa shape index (κ2) is 6.50. The van der Waals surface area contributed by atoms with Crippen molar-refractivity contribution in [3.8, 4) is 5.75 Å². The molecule has 0 heterocycles. The van der Waals surface area contributed by atoms with E-state index in [4.69, 9.17) is 5.11 Å². The standard InChI is InChI=1S/C8H5F3N2O2S.H2S/c9-8(10,11)7(12-16-13-15)5-1-3-6(14)4-2-5;/h1-4,14H;1H2/b12-7-;. The molecule has 4 nitrogen and oxygen atoms in total. The summed E-state index contributed by atoms with van der Waals surface area (Å²) in [5.41, 5.74) is -1.47. The van der Waals surface area contributed by atoms with E-state index in [0.29, 0.717) is 0 Å². The van der Waals surface area contributed by atoms with Crippen molar-refractivity contribution >= 4 is 31.3 Å². The molecule has 0 radical (unpaired) electrons. The van der Waals surface area contributed by atoms with Gasteiger partial charge < -0.3 is 5.11 Å². The van der Waals surface area contributed by atoms with Crippen molar-refractivity contribution in [2.45, 2.75) is 6.18 Å². The molecule has 94 valence electrons. The summed E-state index contributed by atoms with van der Waals surface area (Å²) in [6.45, 7) is 0. The highest BCUT2D eigenvalue weighted by Gasteiger charge is 2.37. The molecule has 0 unspecified atom stereocenters. The van der Waals surface area contributed by atoms with Crippen molar-refractivity contribution < 1.29 is 18.3 Å². The summed E-state index contributed by atoms with van der Waals surface area (Å²) in [6, 6.07) is 4.28. The Balaban J connectivity index is 0.00000256. The lowest BCUT2D eigenvalue weighted by molar-refractivity contribution is -0.0578. The first-order chi connectivity index (χ1) is 7.45. The van der Waals surface area contributed by atoms with Crippen molar-refractivity contribution in [3.63, 3.8) is 0 Å². The average molecular weight is 284 g/mol. The highest BCUT2D eigenvalue weighted by molar-refractivity contribution is 7.96. The minimum absolute atomic E-state index is 0. The van der Waals surface area contributed by atoms with Crippen LogP contribution in [0.1, 0.15) is 5.56 Å². The van der Waals surface area contributed by atoms with E-state index in [1.807, 2.05) is 0 Å². The third kappa shape index (κ3) is 4.65. The minimum Gasteiger partial charge on any atom is -0.508 e. The second-order valence-electron chi connectivity index (χ2n) is 2.64. The van der Waals surface area contributed by atoms with Gasteiger partial charge in [-0.3, -0.25) is 0 Å². The number of hydrogen-bond acceptors (Lipinski definition) is 5. The summed E-state index contributed by atoms with van der Waals surface area (Å²) in [5.74, 6) is -0.161. The molecule has 0 saturated heterocycles. The Labute approximate surface area is 106 Å². The fourth-order valence-corrected chi connectivity index (χ4v) is 1.27. The van der Waals surface area contributed by atoms with Gasteiger partial charge in [0.25, 0.3) is 0 Å². The van der Waals surface area contributed by atoms with Gasteiger partial charge in [-0.1, -0.05) is 0 Å². The maximum Gasteiger partial charge on any atom is 0.434 e. The normalized spacial score (nSPS) is 11.8. The summed E-state index contributed by atoms with van der Waals surface area (Å²) in [4.78, 5) is 9.72. The Bertz CT molecular complexity index is 406. The first kappa shape index (κ1) is 15.8. The fourth-order valence-electron chi connectivity index (χ4n) is 0.945. The predicted molar refractivity (Wildman–Crippen MR) is 64.5 cm³/mol. The fraction of sp³-hybridized carbons (Fsp3) is 0.125. The van der Waals surface area contributed by atoms with Crippen LogP contribution in [0.4, 0.5) is 13.2 Å². The summed E-state index contributed by atoms with van der Waals surface area (Å²) < 4.78 is 42.6. The van der Waals surface area contributed by atoms with Crippen molar-refractivity contribution in [1.29, 1.82) is 0 Å². The summed E-state index contributed by atoms with van der Waals surface area (Å²) in [6.07, 6.45) is -4.69. The molecule has 0 aliphatic heterocycles. The molecule has 0 saturated carbocycles. The van der Waals surface area contributed by atoms with Gasteiger partial charge in [-0.15, -0.1) is 4.91 Å². The topological polar surface area (TPSA) is 62.0 Å². The van der Waals surface area contributed by atoms with E-state index >= 15 is 0 Å². The average Bonchev–Trinajstić information content (AvgIpc) is 2.19. The van der Waals surface area contributed by atoms with Gasteiger partial charge in [0.1, 0.15) is 5.75 Å². The van der Waals surface area contributed by atoms with Gasteiger partial charge in [-0.25, -0.2) is 0 Å². The van der Waals surface area contributed by atoms with Crippen LogP contribution in [0.2, 0.25) is 0 Å². The second-order valence-corrected chi connectivity index (χ2v) is 3.14. The van der Waals surface area contributed by atoms with Crippen molar-refractivity contribution in [1.82, 2.24) is 0 Å². The molecular weight excluding hydrogens is 277 g/mol. The SMILES string of the molecule is O=NS/N=C(/c1ccc(O)cc1)C(F)(F)F.S. The number of hydrogen-bond donors (Lipinski definition) is 1. The number of phenolic OH excluding ortho intramolecular Hbond substituents is 1. The molecule has 0 amide bonds. The molecule has 0 aliphatic rings. The van der Waals surface area contributed by atoms with Crippen LogP contribution in [0.15, 0.2) is 33.2 Å². The number of nitrogens with zero attached hydrogens (tertiary/aromatic N) is 2. The zero-order chi connectivity index (χ0) is 12.2. The van der Waals surface area contributed by atoms with Crippen LogP contribution in [0.25, 0.3) is 0 Å². The molecule has 0 aromatic heterocycles. The Morgan fingerprint density at radius 2 is 1.76 bits per heavy atom. The monoisotopic (exact) mass is 284 g/mol. The molecule has 1 aromatic rings. The van der Waals surface area contributed by atoms with Gasteiger partial charge in [-0.2, -0.15) is 31.1 Å². The van der Waals surface area contributed by atoms with Gasteiger partial charge in [-0.05, 0) is 24.3 Å². The number of aromatic hydroxyl groups is 1. The van der Waals surface area contributed by atoms with E-state index < -0.39 is 11.9 Å². The van der Waals surface area contributed by atoms with Crippen LogP contribution in [-0.2, 0) is 0 Å². The number of halogens is 3. The van der Waals surface area contributed by atoms with Gasteiger partial charge in [0.15, 0.2) is 17.8 Å². The van der Waals surface area contributed by atoms with Crippen molar-refractivity contribution in [2.24, 2.45) is 8.98 Å². The highest BCUT2D eigenvalue weighted by atomic mass is 32.2.